The van der Waals surface area contributed by atoms with Crippen LogP contribution < -0.4 is 15.3 Å². The summed E-state index contributed by atoms with van der Waals surface area (Å²) in [7, 11) is -4.43. The second kappa shape index (κ2) is 11.3. The van der Waals surface area contributed by atoms with Gasteiger partial charge in [-0.3, -0.25) is 9.32 Å². The van der Waals surface area contributed by atoms with Crippen LogP contribution in [0.1, 0.15) is 19.0 Å². The molecule has 218 valence electrons. The highest BCUT2D eigenvalue weighted by atomic mass is 31.2. The highest BCUT2D eigenvalue weighted by Gasteiger charge is 2.61. The van der Waals surface area contributed by atoms with Crippen molar-refractivity contribution in [2.45, 2.75) is 42.8 Å². The fourth-order valence-electron chi connectivity index (χ4n) is 4.58. The Kier molecular flexibility index (Phi) is 8.00. The Morgan fingerprint density at radius 2 is 2.15 bits per heavy atom. The molecule has 0 aliphatic carbocycles. The molecule has 5 N–H and O–H groups in total. The quantitative estimate of drug-likeness (QED) is 0.189. The number of hydrogen-bond donors (Lipinski definition) is 4. The summed E-state index contributed by atoms with van der Waals surface area (Å²) in [6.45, 7) is 0.773. The minimum absolute atomic E-state index is 0.0836. The van der Waals surface area contributed by atoms with Gasteiger partial charge in [-0.05, 0) is 31.2 Å². The molecule has 0 spiro atoms. The van der Waals surface area contributed by atoms with Gasteiger partial charge in [0.15, 0.2) is 11.4 Å². The monoisotopic (exact) mass is 588 g/mol. The first-order chi connectivity index (χ1) is 19.6. The number of nitrogen functional groups attached to an aromatic ring is 1. The van der Waals surface area contributed by atoms with Crippen LogP contribution in [0.25, 0.3) is 5.52 Å². The fraction of sp³-hybridized carbons (Fsp3) is 0.440. The summed E-state index contributed by atoms with van der Waals surface area (Å²) >= 11 is 0. The summed E-state index contributed by atoms with van der Waals surface area (Å²) < 4.78 is 42.7. The molecule has 2 aliphatic rings. The zero-order chi connectivity index (χ0) is 29.3. The van der Waals surface area contributed by atoms with Gasteiger partial charge in [-0.25, -0.2) is 14.1 Å². The molecule has 0 amide bonds. The van der Waals surface area contributed by atoms with Crippen LogP contribution in [0.4, 0.5) is 5.82 Å². The molecule has 41 heavy (non-hydrogen) atoms. The lowest BCUT2D eigenvalue weighted by molar-refractivity contribution is -0.150. The third-order valence-electron chi connectivity index (χ3n) is 6.85. The number of rotatable bonds is 10. The van der Waals surface area contributed by atoms with Crippen molar-refractivity contribution in [1.29, 1.82) is 5.26 Å². The number of aliphatic hydroxyl groups is 2. The molecule has 15 nitrogen and oxygen atoms in total. The molecule has 4 heterocycles. The number of para-hydroxylation sites is 1. The van der Waals surface area contributed by atoms with E-state index in [-0.39, 0.29) is 23.9 Å². The number of hydrogen-bond acceptors (Lipinski definition) is 13. The van der Waals surface area contributed by atoms with E-state index in [0.717, 1.165) is 0 Å². The molecule has 6 atom stereocenters. The van der Waals surface area contributed by atoms with Crippen LogP contribution in [0.2, 0.25) is 0 Å². The normalized spacial score (nSPS) is 28.1. The second-order valence-electron chi connectivity index (χ2n) is 9.73. The Labute approximate surface area is 234 Å². The highest BCUT2D eigenvalue weighted by molar-refractivity contribution is 7.52. The molecular weight excluding hydrogens is 559 g/mol. The molecule has 0 bridgehead atoms. The van der Waals surface area contributed by atoms with Crippen LogP contribution in [-0.2, 0) is 33.7 Å². The SMILES string of the molecule is C[C@H](N[P@](=O)(OC[C@@]1(C#N)OCC(O)(c2ccc3c(N)ncnn23)[C@@H]1O)Oc1ccccc1)C(=O)O[C@H]1CCOC1. The van der Waals surface area contributed by atoms with E-state index in [0.29, 0.717) is 18.5 Å². The van der Waals surface area contributed by atoms with Crippen LogP contribution in [-0.4, -0.2) is 81.1 Å². The van der Waals surface area contributed by atoms with E-state index in [9.17, 15) is 24.8 Å². The second-order valence-corrected chi connectivity index (χ2v) is 11.4. The minimum atomic E-state index is -4.43. The van der Waals surface area contributed by atoms with Gasteiger partial charge in [-0.15, -0.1) is 0 Å². The molecule has 1 aromatic carbocycles. The number of nitrogens with zero attached hydrogens (tertiary/aromatic N) is 4. The minimum Gasteiger partial charge on any atom is -0.459 e. The number of carbonyl (C=O) groups is 1. The molecule has 0 radical (unpaired) electrons. The summed E-state index contributed by atoms with van der Waals surface area (Å²) in [5.74, 6) is -0.444. The number of nitrogens with two attached hydrogens (primary N) is 1. The van der Waals surface area contributed by atoms with E-state index in [2.05, 4.69) is 15.2 Å². The summed E-state index contributed by atoms with van der Waals surface area (Å²) in [4.78, 5) is 16.6. The predicted molar refractivity (Wildman–Crippen MR) is 140 cm³/mol. The molecule has 2 aromatic heterocycles. The lowest BCUT2D eigenvalue weighted by atomic mass is 9.86. The number of benzene rings is 1. The third-order valence-corrected chi connectivity index (χ3v) is 8.48. The van der Waals surface area contributed by atoms with E-state index in [1.54, 1.807) is 24.3 Å². The molecule has 0 saturated carbocycles. The van der Waals surface area contributed by atoms with E-state index >= 15 is 0 Å². The van der Waals surface area contributed by atoms with Crippen molar-refractivity contribution < 1.29 is 42.8 Å². The summed E-state index contributed by atoms with van der Waals surface area (Å²) in [6, 6.07) is 11.7. The van der Waals surface area contributed by atoms with Crippen molar-refractivity contribution in [3.63, 3.8) is 0 Å². The average molecular weight is 589 g/mol. The van der Waals surface area contributed by atoms with Gasteiger partial charge in [-0.2, -0.15) is 15.4 Å². The van der Waals surface area contributed by atoms with Gasteiger partial charge < -0.3 is 34.7 Å². The van der Waals surface area contributed by atoms with Gasteiger partial charge >= 0.3 is 13.7 Å². The Morgan fingerprint density at radius 1 is 1.37 bits per heavy atom. The lowest BCUT2D eigenvalue weighted by Gasteiger charge is -2.31. The highest BCUT2D eigenvalue weighted by Crippen LogP contribution is 2.48. The molecule has 1 unspecified atom stereocenters. The smallest absolute Gasteiger partial charge is 0.459 e. The Morgan fingerprint density at radius 3 is 2.85 bits per heavy atom. The number of anilines is 1. The van der Waals surface area contributed by atoms with Crippen molar-refractivity contribution in [2.24, 2.45) is 0 Å². The number of ether oxygens (including phenoxy) is 3. The predicted octanol–water partition coefficient (Wildman–Crippen LogP) is 0.666. The van der Waals surface area contributed by atoms with Crippen molar-refractivity contribution in [3.8, 4) is 11.8 Å². The Balaban J connectivity index is 1.37. The number of aromatic nitrogens is 3. The van der Waals surface area contributed by atoms with Gasteiger partial charge in [-0.1, -0.05) is 18.2 Å². The molecule has 3 aromatic rings. The first-order valence-corrected chi connectivity index (χ1v) is 14.2. The van der Waals surface area contributed by atoms with Crippen molar-refractivity contribution >= 4 is 25.1 Å². The maximum atomic E-state index is 13.9. The summed E-state index contributed by atoms with van der Waals surface area (Å²) in [5, 5.41) is 39.5. The topological polar surface area (TPSA) is 213 Å². The maximum absolute atomic E-state index is 13.9. The first-order valence-electron chi connectivity index (χ1n) is 12.7. The van der Waals surface area contributed by atoms with Crippen LogP contribution in [0.3, 0.4) is 0 Å². The zero-order valence-electron chi connectivity index (χ0n) is 22.0. The number of carbonyl (C=O) groups excluding carboxylic acids is 1. The van der Waals surface area contributed by atoms with Crippen molar-refractivity contribution in [2.75, 3.05) is 32.2 Å². The van der Waals surface area contributed by atoms with Crippen LogP contribution in [0.15, 0.2) is 48.8 Å². The molecule has 5 rings (SSSR count). The van der Waals surface area contributed by atoms with Gasteiger partial charge in [0.25, 0.3) is 0 Å². The molecular formula is C25H29N6O9P. The van der Waals surface area contributed by atoms with Crippen LogP contribution in [0.5, 0.6) is 5.75 Å². The van der Waals surface area contributed by atoms with Gasteiger partial charge in [0.2, 0.25) is 5.60 Å². The van der Waals surface area contributed by atoms with E-state index in [1.165, 1.54) is 36.0 Å². The molecule has 16 heteroatoms. The molecule has 2 fully saturated rings. The first kappa shape index (κ1) is 28.9. The third kappa shape index (κ3) is 5.64. The van der Waals surface area contributed by atoms with Gasteiger partial charge in [0, 0.05) is 6.42 Å². The Bertz CT molecular complexity index is 1490. The van der Waals surface area contributed by atoms with Gasteiger partial charge in [0.05, 0.1) is 25.5 Å². The van der Waals surface area contributed by atoms with Crippen molar-refractivity contribution in [3.05, 3.63) is 54.5 Å². The van der Waals surface area contributed by atoms with E-state index < -0.39 is 56.4 Å². The largest absolute Gasteiger partial charge is 0.459 e. The number of fused-ring (bicyclic) bond motifs is 1. The lowest BCUT2D eigenvalue weighted by Crippen LogP contribution is -2.51. The Hall–Kier alpha value is -3.61. The average Bonchev–Trinajstić information content (AvgIpc) is 3.69. The fourth-order valence-corrected chi connectivity index (χ4v) is 6.10. The standard InChI is InChI=1S/C25H29N6O9P/c1-16(22(32)39-18-9-10-36-11-18)30-41(35,40-17-5-3-2-4-6-17)38-13-24(12-26)23(33)25(34,14-37-24)20-8-7-19-21(27)28-15-29-31(19)20/h2-8,15-16,18,23,33-34H,9-11,13-14H2,1H3,(H,30,35)(H2,27,28,29)/t16-,18-,23+,24+,25?,41-/m0/s1. The van der Waals surface area contributed by atoms with Crippen molar-refractivity contribution in [1.82, 2.24) is 19.7 Å². The van der Waals surface area contributed by atoms with E-state index in [4.69, 9.17) is 29.0 Å². The number of esters is 1. The number of nitriles is 1. The van der Waals surface area contributed by atoms with Gasteiger partial charge in [0.1, 0.15) is 48.5 Å². The number of aliphatic hydroxyl groups excluding tert-OH is 1. The zero-order valence-corrected chi connectivity index (χ0v) is 22.8. The summed E-state index contributed by atoms with van der Waals surface area (Å²) in [6.07, 6.45) is -0.628. The molecule has 2 aliphatic heterocycles. The van der Waals surface area contributed by atoms with E-state index in [1.807, 2.05) is 6.07 Å². The maximum Gasteiger partial charge on any atom is 0.459 e. The number of nitrogens with one attached hydrogen (secondary N) is 1. The van der Waals surface area contributed by atoms with Crippen LogP contribution in [0, 0.1) is 11.3 Å². The molecule has 2 saturated heterocycles. The summed E-state index contributed by atoms with van der Waals surface area (Å²) in [5.41, 5.74) is 2.00. The van der Waals surface area contributed by atoms with Crippen LogP contribution >= 0.6 is 7.75 Å².